The number of morpholine rings is 1. The molecule has 0 aromatic heterocycles. The monoisotopic (exact) mass is 318 g/mol. The molecule has 1 aromatic carbocycles. The zero-order chi connectivity index (χ0) is 16.5. The van der Waals surface area contributed by atoms with Gasteiger partial charge in [-0.2, -0.15) is 0 Å². The van der Waals surface area contributed by atoms with Crippen molar-refractivity contribution >= 4 is 5.96 Å². The summed E-state index contributed by atoms with van der Waals surface area (Å²) in [5, 5.41) is 6.81. The maximum Gasteiger partial charge on any atom is 0.191 e. The van der Waals surface area contributed by atoms with Crippen molar-refractivity contribution in [2.75, 3.05) is 53.0 Å². The molecule has 5 nitrogen and oxygen atoms in total. The lowest BCUT2D eigenvalue weighted by Crippen LogP contribution is -2.45. The number of rotatable bonds is 6. The van der Waals surface area contributed by atoms with E-state index in [1.165, 1.54) is 11.1 Å². The fraction of sp³-hybridized carbons (Fsp3) is 0.611. The molecule has 1 atom stereocenters. The van der Waals surface area contributed by atoms with E-state index in [1.807, 2.05) is 7.05 Å². The Morgan fingerprint density at radius 3 is 2.78 bits per heavy atom. The summed E-state index contributed by atoms with van der Waals surface area (Å²) in [7, 11) is 1.82. The van der Waals surface area contributed by atoms with Crippen LogP contribution < -0.4 is 10.6 Å². The lowest BCUT2D eigenvalue weighted by Gasteiger charge is -2.26. The van der Waals surface area contributed by atoms with Crippen LogP contribution in [0.3, 0.4) is 0 Å². The van der Waals surface area contributed by atoms with Crippen LogP contribution in [0.25, 0.3) is 0 Å². The maximum atomic E-state index is 5.37. The van der Waals surface area contributed by atoms with E-state index in [2.05, 4.69) is 58.6 Å². The average molecular weight is 318 g/mol. The second kappa shape index (κ2) is 9.53. The highest BCUT2D eigenvalue weighted by atomic mass is 16.5. The number of guanidine groups is 1. The van der Waals surface area contributed by atoms with Crippen LogP contribution >= 0.6 is 0 Å². The number of ether oxygens (including phenoxy) is 1. The zero-order valence-corrected chi connectivity index (χ0v) is 14.6. The van der Waals surface area contributed by atoms with Gasteiger partial charge in [0.05, 0.1) is 13.2 Å². The first kappa shape index (κ1) is 17.8. The molecule has 1 aliphatic heterocycles. The highest BCUT2D eigenvalue weighted by molar-refractivity contribution is 5.79. The summed E-state index contributed by atoms with van der Waals surface area (Å²) < 4.78 is 5.37. The number of aliphatic imine (C=N–C) groups is 1. The quantitative estimate of drug-likeness (QED) is 0.618. The van der Waals surface area contributed by atoms with Gasteiger partial charge in [-0.1, -0.05) is 36.8 Å². The predicted octanol–water partition coefficient (Wildman–Crippen LogP) is 1.60. The number of nitrogens with one attached hydrogen (secondary N) is 2. The minimum absolute atomic E-state index is 0.452. The third kappa shape index (κ3) is 6.20. The van der Waals surface area contributed by atoms with E-state index >= 15 is 0 Å². The SMILES string of the molecule is CN=C(NCCN1CCOCC1)NCC(C)c1cccc(C)c1. The standard InChI is InChI=1S/C18H30N4O/c1-15-5-4-6-17(13-15)16(2)14-21-18(19-3)20-7-8-22-9-11-23-12-10-22/h4-6,13,16H,7-12,14H2,1-3H3,(H2,19,20,21). The van der Waals surface area contributed by atoms with E-state index in [4.69, 9.17) is 4.74 Å². The molecule has 23 heavy (non-hydrogen) atoms. The Morgan fingerprint density at radius 2 is 2.09 bits per heavy atom. The average Bonchev–Trinajstić information content (AvgIpc) is 2.58. The summed E-state index contributed by atoms with van der Waals surface area (Å²) in [6, 6.07) is 8.70. The molecule has 1 aliphatic rings. The summed E-state index contributed by atoms with van der Waals surface area (Å²) in [4.78, 5) is 6.72. The Labute approximate surface area is 140 Å². The number of benzene rings is 1. The molecule has 0 radical (unpaired) electrons. The molecule has 1 heterocycles. The third-order valence-corrected chi connectivity index (χ3v) is 4.23. The first-order valence-corrected chi connectivity index (χ1v) is 8.50. The van der Waals surface area contributed by atoms with Crippen LogP contribution in [0.15, 0.2) is 29.3 Å². The number of hydrogen-bond acceptors (Lipinski definition) is 3. The number of nitrogens with zero attached hydrogens (tertiary/aromatic N) is 2. The molecule has 1 aromatic rings. The smallest absolute Gasteiger partial charge is 0.191 e. The van der Waals surface area contributed by atoms with Gasteiger partial charge < -0.3 is 15.4 Å². The van der Waals surface area contributed by atoms with Crippen LogP contribution in [-0.2, 0) is 4.74 Å². The first-order valence-electron chi connectivity index (χ1n) is 8.50. The largest absolute Gasteiger partial charge is 0.379 e. The van der Waals surface area contributed by atoms with E-state index in [0.717, 1.165) is 51.9 Å². The molecule has 0 saturated carbocycles. The molecule has 0 amide bonds. The Hall–Kier alpha value is -1.59. The predicted molar refractivity (Wildman–Crippen MR) is 96.2 cm³/mol. The van der Waals surface area contributed by atoms with Crippen molar-refractivity contribution in [1.29, 1.82) is 0 Å². The van der Waals surface area contributed by atoms with Gasteiger partial charge in [-0.3, -0.25) is 9.89 Å². The Bertz CT molecular complexity index is 498. The van der Waals surface area contributed by atoms with Gasteiger partial charge in [0.15, 0.2) is 5.96 Å². The zero-order valence-electron chi connectivity index (χ0n) is 14.6. The minimum atomic E-state index is 0.452. The number of aryl methyl sites for hydroxylation is 1. The summed E-state index contributed by atoms with van der Waals surface area (Å²) in [6.07, 6.45) is 0. The van der Waals surface area contributed by atoms with Gasteiger partial charge in [0.2, 0.25) is 0 Å². The molecule has 5 heteroatoms. The van der Waals surface area contributed by atoms with E-state index in [-0.39, 0.29) is 0 Å². The Morgan fingerprint density at radius 1 is 1.30 bits per heavy atom. The van der Waals surface area contributed by atoms with Gasteiger partial charge in [-0.15, -0.1) is 0 Å². The molecule has 128 valence electrons. The fourth-order valence-corrected chi connectivity index (χ4v) is 2.72. The molecular formula is C18H30N4O. The molecule has 0 bridgehead atoms. The van der Waals surface area contributed by atoms with Crippen molar-refractivity contribution in [3.05, 3.63) is 35.4 Å². The molecule has 2 N–H and O–H groups in total. The summed E-state index contributed by atoms with van der Waals surface area (Å²) in [6.45, 7) is 10.9. The van der Waals surface area contributed by atoms with Crippen LogP contribution in [0.2, 0.25) is 0 Å². The molecule has 1 fully saturated rings. The van der Waals surface area contributed by atoms with E-state index in [0.29, 0.717) is 5.92 Å². The van der Waals surface area contributed by atoms with Crippen LogP contribution in [0, 0.1) is 6.92 Å². The highest BCUT2D eigenvalue weighted by Crippen LogP contribution is 2.15. The van der Waals surface area contributed by atoms with Gasteiger partial charge >= 0.3 is 0 Å². The fourth-order valence-electron chi connectivity index (χ4n) is 2.72. The molecule has 2 rings (SSSR count). The molecule has 0 spiro atoms. The van der Waals surface area contributed by atoms with Crippen molar-refractivity contribution < 1.29 is 4.74 Å². The first-order chi connectivity index (χ1) is 11.2. The topological polar surface area (TPSA) is 48.9 Å². The summed E-state index contributed by atoms with van der Waals surface area (Å²) >= 11 is 0. The second-order valence-corrected chi connectivity index (χ2v) is 6.15. The highest BCUT2D eigenvalue weighted by Gasteiger charge is 2.10. The molecule has 1 unspecified atom stereocenters. The van der Waals surface area contributed by atoms with Crippen molar-refractivity contribution in [2.24, 2.45) is 4.99 Å². The van der Waals surface area contributed by atoms with E-state index in [1.54, 1.807) is 0 Å². The minimum Gasteiger partial charge on any atom is -0.379 e. The van der Waals surface area contributed by atoms with Gasteiger partial charge in [0, 0.05) is 39.8 Å². The van der Waals surface area contributed by atoms with E-state index < -0.39 is 0 Å². The lowest BCUT2D eigenvalue weighted by atomic mass is 9.99. The third-order valence-electron chi connectivity index (χ3n) is 4.23. The van der Waals surface area contributed by atoms with Gasteiger partial charge in [-0.05, 0) is 18.4 Å². The summed E-state index contributed by atoms with van der Waals surface area (Å²) in [5.74, 6) is 1.32. The van der Waals surface area contributed by atoms with Crippen LogP contribution in [0.5, 0.6) is 0 Å². The van der Waals surface area contributed by atoms with E-state index in [9.17, 15) is 0 Å². The van der Waals surface area contributed by atoms with Gasteiger partial charge in [0.25, 0.3) is 0 Å². The van der Waals surface area contributed by atoms with Crippen molar-refractivity contribution in [1.82, 2.24) is 15.5 Å². The van der Waals surface area contributed by atoms with Gasteiger partial charge in [0.1, 0.15) is 0 Å². The normalized spacial score (nSPS) is 17.8. The van der Waals surface area contributed by atoms with Crippen LogP contribution in [0.4, 0.5) is 0 Å². The van der Waals surface area contributed by atoms with Crippen LogP contribution in [0.1, 0.15) is 24.0 Å². The van der Waals surface area contributed by atoms with Gasteiger partial charge in [-0.25, -0.2) is 0 Å². The second-order valence-electron chi connectivity index (χ2n) is 6.15. The molecular weight excluding hydrogens is 288 g/mol. The number of hydrogen-bond donors (Lipinski definition) is 2. The van der Waals surface area contributed by atoms with Crippen molar-refractivity contribution in [3.63, 3.8) is 0 Å². The Balaban J connectivity index is 1.70. The van der Waals surface area contributed by atoms with Crippen molar-refractivity contribution in [2.45, 2.75) is 19.8 Å². The molecule has 0 aliphatic carbocycles. The Kier molecular flexibility index (Phi) is 7.36. The lowest BCUT2D eigenvalue weighted by molar-refractivity contribution is 0.0389. The maximum absolute atomic E-state index is 5.37. The van der Waals surface area contributed by atoms with Crippen molar-refractivity contribution in [3.8, 4) is 0 Å². The summed E-state index contributed by atoms with van der Waals surface area (Å²) in [5.41, 5.74) is 2.67. The molecule has 1 saturated heterocycles. The van der Waals surface area contributed by atoms with Crippen LogP contribution in [-0.4, -0.2) is 63.8 Å².